The normalized spacial score (nSPS) is 10.3. The van der Waals surface area contributed by atoms with E-state index in [1.54, 1.807) is 36.4 Å². The third-order valence-corrected chi connectivity index (χ3v) is 3.42. The molecule has 3 N–H and O–H groups in total. The Labute approximate surface area is 137 Å². The number of halogens is 2. The van der Waals surface area contributed by atoms with Gasteiger partial charge in [0.05, 0.1) is 11.6 Å². The largest absolute Gasteiger partial charge is 0.456 e. The lowest BCUT2D eigenvalue weighted by Gasteiger charge is -2.12. The first-order valence-corrected chi connectivity index (χ1v) is 7.19. The molecular formula is C15H14Cl2N2O3. The van der Waals surface area contributed by atoms with Crippen LogP contribution in [0.4, 0.5) is 4.79 Å². The van der Waals surface area contributed by atoms with Crippen LogP contribution in [-0.2, 0) is 6.42 Å². The molecular weight excluding hydrogens is 327 g/mol. The first-order chi connectivity index (χ1) is 10.5. The first kappa shape index (κ1) is 16.4. The van der Waals surface area contributed by atoms with Crippen LogP contribution in [0, 0.1) is 0 Å². The zero-order valence-corrected chi connectivity index (χ0v) is 13.0. The van der Waals surface area contributed by atoms with Crippen LogP contribution in [0.25, 0.3) is 0 Å². The molecule has 7 heteroatoms. The highest BCUT2D eigenvalue weighted by atomic mass is 35.5. The molecule has 116 valence electrons. The standard InChI is InChI=1S/C15H14Cl2N2O3/c16-11-4-5-14(13(17)9-11)22-12-3-1-2-10(8-12)6-7-19(21)15(18)20/h1-5,8-9,21H,6-7H2,(H2,18,20). The highest BCUT2D eigenvalue weighted by Crippen LogP contribution is 2.31. The van der Waals surface area contributed by atoms with Crippen LogP contribution < -0.4 is 10.5 Å². The van der Waals surface area contributed by atoms with Gasteiger partial charge in [0.2, 0.25) is 0 Å². The zero-order valence-electron chi connectivity index (χ0n) is 11.5. The lowest BCUT2D eigenvalue weighted by atomic mass is 10.1. The zero-order chi connectivity index (χ0) is 16.1. The lowest BCUT2D eigenvalue weighted by molar-refractivity contribution is -0.0382. The predicted octanol–water partition coefficient (Wildman–Crippen LogP) is 4.10. The summed E-state index contributed by atoms with van der Waals surface area (Å²) in [5.74, 6) is 1.08. The smallest absolute Gasteiger partial charge is 0.338 e. The number of nitrogens with zero attached hydrogens (tertiary/aromatic N) is 1. The number of primary amides is 1. The van der Waals surface area contributed by atoms with Gasteiger partial charge in [-0.3, -0.25) is 5.21 Å². The quantitative estimate of drug-likeness (QED) is 0.635. The van der Waals surface area contributed by atoms with Gasteiger partial charge in [0.25, 0.3) is 0 Å². The third-order valence-electron chi connectivity index (χ3n) is 2.89. The third kappa shape index (κ3) is 4.53. The number of benzene rings is 2. The minimum Gasteiger partial charge on any atom is -0.456 e. The van der Waals surface area contributed by atoms with Crippen molar-refractivity contribution in [2.75, 3.05) is 6.54 Å². The molecule has 0 aliphatic carbocycles. The number of rotatable bonds is 5. The van der Waals surface area contributed by atoms with Gasteiger partial charge in [-0.15, -0.1) is 0 Å². The second-order valence-electron chi connectivity index (χ2n) is 4.54. The topological polar surface area (TPSA) is 75.8 Å². The second kappa shape index (κ2) is 7.35. The average Bonchev–Trinajstić information content (AvgIpc) is 2.48. The summed E-state index contributed by atoms with van der Waals surface area (Å²) in [6.45, 7) is 0.0977. The van der Waals surface area contributed by atoms with Crippen molar-refractivity contribution in [2.24, 2.45) is 5.73 Å². The van der Waals surface area contributed by atoms with Crippen molar-refractivity contribution < 1.29 is 14.7 Å². The maximum Gasteiger partial charge on any atom is 0.338 e. The molecule has 5 nitrogen and oxygen atoms in total. The summed E-state index contributed by atoms with van der Waals surface area (Å²) in [5.41, 5.74) is 5.83. The second-order valence-corrected chi connectivity index (χ2v) is 5.38. The fraction of sp³-hybridized carbons (Fsp3) is 0.133. The van der Waals surface area contributed by atoms with Crippen LogP contribution in [0.15, 0.2) is 42.5 Å². The summed E-state index contributed by atoms with van der Waals surface area (Å²) in [5, 5.41) is 10.7. The van der Waals surface area contributed by atoms with Gasteiger partial charge in [-0.2, -0.15) is 0 Å². The molecule has 0 aliphatic rings. The molecule has 0 heterocycles. The summed E-state index contributed by atoms with van der Waals surface area (Å²) in [6, 6.07) is 11.3. The van der Waals surface area contributed by atoms with E-state index in [0.717, 1.165) is 5.56 Å². The van der Waals surface area contributed by atoms with E-state index in [2.05, 4.69) is 0 Å². The number of hydrogen-bond acceptors (Lipinski definition) is 3. The van der Waals surface area contributed by atoms with E-state index in [-0.39, 0.29) is 6.54 Å². The Morgan fingerprint density at radius 1 is 1.23 bits per heavy atom. The molecule has 0 unspecified atom stereocenters. The number of hydroxylamine groups is 2. The van der Waals surface area contributed by atoms with E-state index < -0.39 is 6.03 Å². The maximum atomic E-state index is 10.7. The Morgan fingerprint density at radius 2 is 2.00 bits per heavy atom. The van der Waals surface area contributed by atoms with E-state index in [4.69, 9.17) is 33.7 Å². The Hall–Kier alpha value is -1.95. The maximum absolute atomic E-state index is 10.7. The molecule has 22 heavy (non-hydrogen) atoms. The van der Waals surface area contributed by atoms with E-state index in [9.17, 15) is 10.0 Å². The van der Waals surface area contributed by atoms with Gasteiger partial charge in [0.1, 0.15) is 11.5 Å². The monoisotopic (exact) mass is 340 g/mol. The van der Waals surface area contributed by atoms with Crippen LogP contribution >= 0.6 is 23.2 Å². The van der Waals surface area contributed by atoms with E-state index in [0.29, 0.717) is 33.0 Å². The van der Waals surface area contributed by atoms with Crippen molar-refractivity contribution in [2.45, 2.75) is 6.42 Å². The van der Waals surface area contributed by atoms with Crippen LogP contribution in [0.2, 0.25) is 10.0 Å². The van der Waals surface area contributed by atoms with Gasteiger partial charge in [-0.1, -0.05) is 35.3 Å². The number of nitrogens with two attached hydrogens (primary N) is 1. The molecule has 0 saturated heterocycles. The Kier molecular flexibility index (Phi) is 5.49. The molecule has 2 rings (SSSR count). The number of hydrogen-bond donors (Lipinski definition) is 2. The molecule has 0 aliphatic heterocycles. The van der Waals surface area contributed by atoms with Gasteiger partial charge >= 0.3 is 6.03 Å². The Bertz CT molecular complexity index is 680. The van der Waals surface area contributed by atoms with Crippen LogP contribution in [0.1, 0.15) is 5.56 Å². The Morgan fingerprint density at radius 3 is 2.68 bits per heavy atom. The number of carbonyl (C=O) groups is 1. The fourth-order valence-electron chi connectivity index (χ4n) is 1.79. The molecule has 2 aromatic rings. The van der Waals surface area contributed by atoms with Crippen LogP contribution in [0.3, 0.4) is 0 Å². The summed E-state index contributed by atoms with van der Waals surface area (Å²) in [7, 11) is 0. The minimum atomic E-state index is -0.889. The summed E-state index contributed by atoms with van der Waals surface area (Å²) >= 11 is 11.9. The van der Waals surface area contributed by atoms with Gasteiger partial charge in [0.15, 0.2) is 0 Å². The molecule has 0 spiro atoms. The van der Waals surface area contributed by atoms with Crippen molar-refractivity contribution in [3.63, 3.8) is 0 Å². The summed E-state index contributed by atoms with van der Waals surface area (Å²) < 4.78 is 5.70. The van der Waals surface area contributed by atoms with Crippen LogP contribution in [-0.4, -0.2) is 22.8 Å². The predicted molar refractivity (Wildman–Crippen MR) is 84.8 cm³/mol. The van der Waals surface area contributed by atoms with Gasteiger partial charge < -0.3 is 10.5 Å². The van der Waals surface area contributed by atoms with Gasteiger partial charge in [-0.25, -0.2) is 9.86 Å². The van der Waals surface area contributed by atoms with Crippen molar-refractivity contribution in [3.8, 4) is 11.5 Å². The van der Waals surface area contributed by atoms with Crippen molar-refractivity contribution in [3.05, 3.63) is 58.1 Å². The van der Waals surface area contributed by atoms with E-state index in [1.807, 2.05) is 6.07 Å². The SMILES string of the molecule is NC(=O)N(O)CCc1cccc(Oc2ccc(Cl)cc2Cl)c1. The minimum absolute atomic E-state index is 0.0977. The lowest BCUT2D eigenvalue weighted by Crippen LogP contribution is -2.34. The number of carbonyl (C=O) groups excluding carboxylic acids is 1. The average molecular weight is 341 g/mol. The van der Waals surface area contributed by atoms with Gasteiger partial charge in [-0.05, 0) is 42.3 Å². The summed E-state index contributed by atoms with van der Waals surface area (Å²) in [6.07, 6.45) is 0.436. The number of ether oxygens (including phenoxy) is 1. The van der Waals surface area contributed by atoms with Crippen molar-refractivity contribution in [1.82, 2.24) is 5.06 Å². The first-order valence-electron chi connectivity index (χ1n) is 6.43. The molecule has 0 saturated carbocycles. The molecule has 0 fully saturated rings. The number of urea groups is 1. The van der Waals surface area contributed by atoms with Crippen molar-refractivity contribution >= 4 is 29.2 Å². The summed E-state index contributed by atoms with van der Waals surface area (Å²) in [4.78, 5) is 10.7. The fourth-order valence-corrected chi connectivity index (χ4v) is 2.24. The molecule has 0 atom stereocenters. The molecule has 0 aromatic heterocycles. The van der Waals surface area contributed by atoms with Crippen LogP contribution in [0.5, 0.6) is 11.5 Å². The molecule has 2 aromatic carbocycles. The van der Waals surface area contributed by atoms with Gasteiger partial charge in [0, 0.05) is 5.02 Å². The highest BCUT2D eigenvalue weighted by molar-refractivity contribution is 6.35. The molecule has 2 amide bonds. The van der Waals surface area contributed by atoms with E-state index >= 15 is 0 Å². The molecule has 0 radical (unpaired) electrons. The van der Waals surface area contributed by atoms with Crippen molar-refractivity contribution in [1.29, 1.82) is 0 Å². The number of amides is 2. The Balaban J connectivity index is 2.06. The molecule has 0 bridgehead atoms. The van der Waals surface area contributed by atoms with E-state index in [1.165, 1.54) is 0 Å². The highest BCUT2D eigenvalue weighted by Gasteiger charge is 2.07.